The lowest BCUT2D eigenvalue weighted by atomic mass is 10.1. The molecule has 128 valence electrons. The van der Waals surface area contributed by atoms with Crippen LogP contribution in [0.4, 0.5) is 5.69 Å². The van der Waals surface area contributed by atoms with Crippen molar-refractivity contribution in [1.82, 2.24) is 9.78 Å². The highest BCUT2D eigenvalue weighted by Crippen LogP contribution is 2.28. The van der Waals surface area contributed by atoms with Gasteiger partial charge in [0.05, 0.1) is 12.6 Å². The topological polar surface area (TPSA) is 72.9 Å². The zero-order chi connectivity index (χ0) is 17.8. The number of aryl methyl sites for hydroxylation is 2. The molecule has 0 atom stereocenters. The molecule has 3 N–H and O–H groups in total. The summed E-state index contributed by atoms with van der Waals surface area (Å²) in [5.74, 6) is -0.0504. The van der Waals surface area contributed by atoms with E-state index in [4.69, 9.17) is 5.14 Å². The SMILES string of the molecule is Cc1ccccc1CC(=O)Nc1cc(SN)cc(-c2cnn(C)c2)c1. The molecule has 1 amide bonds. The Hall–Kier alpha value is -2.57. The van der Waals surface area contributed by atoms with Crippen molar-refractivity contribution in [3.05, 3.63) is 66.0 Å². The second kappa shape index (κ2) is 7.55. The molecule has 6 heteroatoms. The van der Waals surface area contributed by atoms with Crippen molar-refractivity contribution in [2.75, 3.05) is 5.32 Å². The molecule has 0 radical (unpaired) electrons. The van der Waals surface area contributed by atoms with E-state index in [0.717, 1.165) is 44.8 Å². The van der Waals surface area contributed by atoms with Gasteiger partial charge < -0.3 is 5.32 Å². The Morgan fingerprint density at radius 1 is 1.24 bits per heavy atom. The molecule has 0 aliphatic heterocycles. The average molecular weight is 352 g/mol. The quantitative estimate of drug-likeness (QED) is 0.689. The lowest BCUT2D eigenvalue weighted by molar-refractivity contribution is -0.115. The summed E-state index contributed by atoms with van der Waals surface area (Å²) >= 11 is 1.15. The second-order valence-electron chi connectivity index (χ2n) is 5.92. The molecule has 2 aromatic carbocycles. The summed E-state index contributed by atoms with van der Waals surface area (Å²) in [6.45, 7) is 2.01. The predicted octanol–water partition coefficient (Wildman–Crippen LogP) is 3.54. The number of nitrogens with one attached hydrogen (secondary N) is 1. The Balaban J connectivity index is 1.82. The first-order valence-corrected chi connectivity index (χ1v) is 8.78. The molecule has 0 fully saturated rings. The second-order valence-corrected chi connectivity index (χ2v) is 6.63. The molecule has 0 unspecified atom stereocenters. The van der Waals surface area contributed by atoms with Crippen molar-refractivity contribution in [2.45, 2.75) is 18.2 Å². The monoisotopic (exact) mass is 352 g/mol. The van der Waals surface area contributed by atoms with Crippen LogP contribution < -0.4 is 10.5 Å². The van der Waals surface area contributed by atoms with Crippen molar-refractivity contribution in [3.63, 3.8) is 0 Å². The van der Waals surface area contributed by atoms with E-state index in [2.05, 4.69) is 10.4 Å². The van der Waals surface area contributed by atoms with Gasteiger partial charge in [-0.1, -0.05) is 24.3 Å². The maximum absolute atomic E-state index is 12.4. The number of amides is 1. The minimum atomic E-state index is -0.0504. The van der Waals surface area contributed by atoms with E-state index < -0.39 is 0 Å². The Labute approximate surface area is 151 Å². The number of carbonyl (C=O) groups is 1. The van der Waals surface area contributed by atoms with Gasteiger partial charge in [-0.2, -0.15) is 5.10 Å². The Morgan fingerprint density at radius 3 is 2.72 bits per heavy atom. The van der Waals surface area contributed by atoms with Crippen LogP contribution >= 0.6 is 11.9 Å². The lowest BCUT2D eigenvalue weighted by Gasteiger charge is -2.10. The number of benzene rings is 2. The van der Waals surface area contributed by atoms with Gasteiger partial charge in [0.25, 0.3) is 0 Å². The molecule has 25 heavy (non-hydrogen) atoms. The number of hydrogen-bond acceptors (Lipinski definition) is 4. The number of carbonyl (C=O) groups excluding carboxylic acids is 1. The summed E-state index contributed by atoms with van der Waals surface area (Å²) in [7, 11) is 1.87. The number of nitrogens with zero attached hydrogens (tertiary/aromatic N) is 2. The van der Waals surface area contributed by atoms with Crippen molar-refractivity contribution >= 4 is 23.5 Å². The van der Waals surface area contributed by atoms with Gasteiger partial charge in [-0.25, -0.2) is 0 Å². The van der Waals surface area contributed by atoms with Gasteiger partial charge in [0.2, 0.25) is 5.91 Å². The third kappa shape index (κ3) is 4.29. The van der Waals surface area contributed by atoms with Gasteiger partial charge in [-0.15, -0.1) is 0 Å². The molecule has 0 aliphatic carbocycles. The van der Waals surface area contributed by atoms with Crippen molar-refractivity contribution in [1.29, 1.82) is 0 Å². The van der Waals surface area contributed by atoms with Crippen LogP contribution in [0.2, 0.25) is 0 Å². The third-order valence-electron chi connectivity index (χ3n) is 3.98. The normalized spacial score (nSPS) is 10.7. The molecule has 1 heterocycles. The smallest absolute Gasteiger partial charge is 0.228 e. The summed E-state index contributed by atoms with van der Waals surface area (Å²) < 4.78 is 1.74. The van der Waals surface area contributed by atoms with Crippen LogP contribution in [0.15, 0.2) is 59.8 Å². The first kappa shape index (κ1) is 17.3. The number of hydrogen-bond donors (Lipinski definition) is 2. The fourth-order valence-electron chi connectivity index (χ4n) is 2.66. The molecular weight excluding hydrogens is 332 g/mol. The van der Waals surface area contributed by atoms with Crippen LogP contribution in [0.1, 0.15) is 11.1 Å². The van der Waals surface area contributed by atoms with Crippen LogP contribution in [-0.2, 0) is 18.3 Å². The Kier molecular flexibility index (Phi) is 5.21. The van der Waals surface area contributed by atoms with Crippen LogP contribution in [0, 0.1) is 6.92 Å². The van der Waals surface area contributed by atoms with E-state index in [-0.39, 0.29) is 5.91 Å². The van der Waals surface area contributed by atoms with Gasteiger partial charge in [0.1, 0.15) is 0 Å². The van der Waals surface area contributed by atoms with Crippen LogP contribution in [0.25, 0.3) is 11.1 Å². The van der Waals surface area contributed by atoms with Gasteiger partial charge in [0, 0.05) is 29.4 Å². The average Bonchev–Trinajstić information content (AvgIpc) is 3.03. The molecular formula is C19H20N4OS. The molecule has 0 aliphatic rings. The van der Waals surface area contributed by atoms with Crippen LogP contribution in [-0.4, -0.2) is 15.7 Å². The van der Waals surface area contributed by atoms with Gasteiger partial charge in [-0.05, 0) is 53.8 Å². The summed E-state index contributed by atoms with van der Waals surface area (Å²) in [4.78, 5) is 13.3. The van der Waals surface area contributed by atoms with Crippen molar-refractivity contribution < 1.29 is 4.79 Å². The zero-order valence-corrected chi connectivity index (χ0v) is 15.0. The standard InChI is InChI=1S/C19H20N4OS/c1-13-5-3-4-6-14(13)9-19(24)22-17-7-15(8-18(10-17)25-20)16-11-21-23(2)12-16/h3-8,10-12H,9,20H2,1-2H3,(H,22,24). The molecule has 0 spiro atoms. The first-order valence-electron chi connectivity index (χ1n) is 7.90. The van der Waals surface area contributed by atoms with E-state index in [1.54, 1.807) is 10.9 Å². The molecule has 1 aromatic heterocycles. The summed E-state index contributed by atoms with van der Waals surface area (Å²) in [5.41, 5.74) is 4.81. The highest BCUT2D eigenvalue weighted by atomic mass is 32.2. The minimum Gasteiger partial charge on any atom is -0.326 e. The van der Waals surface area contributed by atoms with E-state index in [0.29, 0.717) is 6.42 Å². The largest absolute Gasteiger partial charge is 0.326 e. The molecule has 0 bridgehead atoms. The molecule has 5 nitrogen and oxygen atoms in total. The highest BCUT2D eigenvalue weighted by Gasteiger charge is 2.09. The first-order chi connectivity index (χ1) is 12.0. The van der Waals surface area contributed by atoms with Crippen LogP contribution in [0.3, 0.4) is 0 Å². The lowest BCUT2D eigenvalue weighted by Crippen LogP contribution is -2.15. The van der Waals surface area contributed by atoms with Gasteiger partial charge >= 0.3 is 0 Å². The zero-order valence-electron chi connectivity index (χ0n) is 14.2. The molecule has 3 aromatic rings. The maximum Gasteiger partial charge on any atom is 0.228 e. The fourth-order valence-corrected chi connectivity index (χ4v) is 3.05. The van der Waals surface area contributed by atoms with E-state index in [9.17, 15) is 4.79 Å². The van der Waals surface area contributed by atoms with Gasteiger partial charge in [0.15, 0.2) is 0 Å². The summed E-state index contributed by atoms with van der Waals surface area (Å²) in [5, 5.41) is 12.9. The minimum absolute atomic E-state index is 0.0504. The molecule has 3 rings (SSSR count). The number of nitrogens with two attached hydrogens (primary N) is 1. The predicted molar refractivity (Wildman–Crippen MR) is 102 cm³/mol. The summed E-state index contributed by atoms with van der Waals surface area (Å²) in [6.07, 6.45) is 4.06. The van der Waals surface area contributed by atoms with Crippen molar-refractivity contribution in [2.24, 2.45) is 12.2 Å². The Bertz CT molecular complexity index is 904. The number of aromatic nitrogens is 2. The maximum atomic E-state index is 12.4. The third-order valence-corrected chi connectivity index (χ3v) is 4.48. The van der Waals surface area contributed by atoms with Crippen LogP contribution in [0.5, 0.6) is 0 Å². The van der Waals surface area contributed by atoms with E-state index >= 15 is 0 Å². The van der Waals surface area contributed by atoms with E-state index in [1.165, 1.54) is 0 Å². The molecule has 0 saturated heterocycles. The van der Waals surface area contributed by atoms with Crippen molar-refractivity contribution in [3.8, 4) is 11.1 Å². The van der Waals surface area contributed by atoms with Gasteiger partial charge in [-0.3, -0.25) is 14.6 Å². The number of anilines is 1. The highest BCUT2D eigenvalue weighted by molar-refractivity contribution is 7.97. The van der Waals surface area contributed by atoms with E-state index in [1.807, 2.05) is 62.6 Å². The number of rotatable bonds is 5. The Morgan fingerprint density at radius 2 is 2.04 bits per heavy atom. The molecule has 0 saturated carbocycles. The summed E-state index contributed by atoms with van der Waals surface area (Å²) in [6, 6.07) is 13.7. The fraction of sp³-hybridized carbons (Fsp3) is 0.158.